The Kier molecular flexibility index (Phi) is 4.54. The van der Waals surface area contributed by atoms with Gasteiger partial charge in [0.05, 0.1) is 11.6 Å². The monoisotopic (exact) mass is 378 g/mol. The maximum Gasteiger partial charge on any atom is 0.345 e. The molecule has 0 unspecified atom stereocenters. The lowest BCUT2D eigenvalue weighted by molar-refractivity contribution is -0.0960. The van der Waals surface area contributed by atoms with Crippen molar-refractivity contribution in [3.05, 3.63) is 50.4 Å². The van der Waals surface area contributed by atoms with E-state index in [0.717, 1.165) is 54.9 Å². The Labute approximate surface area is 155 Å². The number of piperidine rings is 1. The van der Waals surface area contributed by atoms with Gasteiger partial charge in [-0.25, -0.2) is 4.79 Å². The molecule has 7 heteroatoms. The second kappa shape index (κ2) is 6.68. The molecule has 1 fully saturated rings. The first kappa shape index (κ1) is 17.0. The van der Waals surface area contributed by atoms with E-state index >= 15 is 0 Å². The quantitative estimate of drug-likeness (QED) is 0.884. The van der Waals surface area contributed by atoms with Gasteiger partial charge < -0.3 is 9.84 Å². The van der Waals surface area contributed by atoms with Crippen molar-refractivity contribution >= 4 is 28.9 Å². The molecule has 0 bridgehead atoms. The molecule has 0 saturated carbocycles. The lowest BCUT2D eigenvalue weighted by Gasteiger charge is -2.43. The number of aromatic carboxylic acids is 1. The number of carbonyl (C=O) groups is 1. The minimum atomic E-state index is -0.848. The zero-order valence-corrected chi connectivity index (χ0v) is 15.3. The SMILES string of the molecule is O=C(O)c1cc2c(s1)C1(CCN(Cc3ccncc3Cl)CC1)OCC2. The molecule has 0 atom stereocenters. The minimum Gasteiger partial charge on any atom is -0.477 e. The number of nitrogens with zero attached hydrogens (tertiary/aromatic N) is 2. The summed E-state index contributed by atoms with van der Waals surface area (Å²) >= 11 is 7.60. The van der Waals surface area contributed by atoms with Crippen LogP contribution in [-0.2, 0) is 23.3 Å². The Balaban J connectivity index is 1.50. The Morgan fingerprint density at radius 1 is 1.44 bits per heavy atom. The number of carboxylic acids is 1. The number of rotatable bonds is 3. The van der Waals surface area contributed by atoms with E-state index in [2.05, 4.69) is 9.88 Å². The van der Waals surface area contributed by atoms with Crippen molar-refractivity contribution in [3.63, 3.8) is 0 Å². The fourth-order valence-electron chi connectivity index (χ4n) is 3.74. The van der Waals surface area contributed by atoms with Gasteiger partial charge in [0.2, 0.25) is 0 Å². The lowest BCUT2D eigenvalue weighted by Crippen LogP contribution is -2.45. The number of aromatic nitrogens is 1. The van der Waals surface area contributed by atoms with Crippen LogP contribution < -0.4 is 0 Å². The van der Waals surface area contributed by atoms with Gasteiger partial charge in [0.25, 0.3) is 0 Å². The molecule has 0 radical (unpaired) electrons. The number of likely N-dealkylation sites (tertiary alicyclic amines) is 1. The normalized spacial score (nSPS) is 19.7. The lowest BCUT2D eigenvalue weighted by atomic mass is 9.85. The van der Waals surface area contributed by atoms with Crippen LogP contribution in [0.3, 0.4) is 0 Å². The van der Waals surface area contributed by atoms with Crippen molar-refractivity contribution in [2.24, 2.45) is 0 Å². The Hall–Kier alpha value is -1.47. The molecule has 1 saturated heterocycles. The third kappa shape index (κ3) is 3.19. The molecular formula is C18H19ClN2O3S. The number of halogens is 1. The maximum atomic E-state index is 11.3. The number of hydrogen-bond acceptors (Lipinski definition) is 5. The summed E-state index contributed by atoms with van der Waals surface area (Å²) in [6.07, 6.45) is 6.00. The zero-order chi connectivity index (χ0) is 17.4. The molecule has 2 aromatic heterocycles. The average molecular weight is 379 g/mol. The predicted octanol–water partition coefficient (Wildman–Crippen LogP) is 3.56. The van der Waals surface area contributed by atoms with Crippen molar-refractivity contribution < 1.29 is 14.6 Å². The molecule has 1 N–H and O–H groups in total. The van der Waals surface area contributed by atoms with E-state index in [0.29, 0.717) is 16.5 Å². The molecule has 2 aromatic rings. The number of carboxylic acid groups (broad SMARTS) is 1. The third-order valence-electron chi connectivity index (χ3n) is 5.10. The van der Waals surface area contributed by atoms with E-state index in [-0.39, 0.29) is 5.60 Å². The smallest absolute Gasteiger partial charge is 0.345 e. The Morgan fingerprint density at radius 2 is 2.24 bits per heavy atom. The van der Waals surface area contributed by atoms with Crippen LogP contribution in [0.15, 0.2) is 24.5 Å². The fourth-order valence-corrected chi connectivity index (χ4v) is 5.17. The number of thiophene rings is 1. The van der Waals surface area contributed by atoms with Crippen LogP contribution in [0, 0.1) is 0 Å². The Morgan fingerprint density at radius 3 is 2.96 bits per heavy atom. The summed E-state index contributed by atoms with van der Waals surface area (Å²) in [5.74, 6) is -0.848. The number of hydrogen-bond donors (Lipinski definition) is 1. The standard InChI is InChI=1S/C18H19ClN2O3S/c19-14-10-20-5-1-13(14)11-21-6-3-18(4-7-21)16-12(2-8-24-18)9-15(25-16)17(22)23/h1,5,9-10H,2-4,6-8,11H2,(H,22,23). The summed E-state index contributed by atoms with van der Waals surface area (Å²) < 4.78 is 6.20. The molecule has 4 heterocycles. The summed E-state index contributed by atoms with van der Waals surface area (Å²) in [4.78, 5) is 19.3. The van der Waals surface area contributed by atoms with Gasteiger partial charge in [0, 0.05) is 36.9 Å². The van der Waals surface area contributed by atoms with Gasteiger partial charge in [0.1, 0.15) is 10.5 Å². The summed E-state index contributed by atoms with van der Waals surface area (Å²) in [6.45, 7) is 3.27. The van der Waals surface area contributed by atoms with Gasteiger partial charge in [0.15, 0.2) is 0 Å². The molecule has 25 heavy (non-hydrogen) atoms. The van der Waals surface area contributed by atoms with Crippen LogP contribution in [0.25, 0.3) is 0 Å². The first-order valence-electron chi connectivity index (χ1n) is 8.39. The van der Waals surface area contributed by atoms with Gasteiger partial charge in [-0.3, -0.25) is 9.88 Å². The van der Waals surface area contributed by atoms with Crippen molar-refractivity contribution in [3.8, 4) is 0 Å². The Bertz CT molecular complexity index is 799. The third-order valence-corrected chi connectivity index (χ3v) is 6.79. The molecule has 1 spiro atoms. The summed E-state index contributed by atoms with van der Waals surface area (Å²) in [5, 5.41) is 9.99. The highest BCUT2D eigenvalue weighted by Gasteiger charge is 2.42. The highest BCUT2D eigenvalue weighted by molar-refractivity contribution is 7.14. The van der Waals surface area contributed by atoms with Crippen molar-refractivity contribution in [2.75, 3.05) is 19.7 Å². The maximum absolute atomic E-state index is 11.3. The molecule has 132 valence electrons. The van der Waals surface area contributed by atoms with Gasteiger partial charge in [-0.05, 0) is 42.5 Å². The van der Waals surface area contributed by atoms with Crippen LogP contribution in [0.4, 0.5) is 0 Å². The largest absolute Gasteiger partial charge is 0.477 e. The molecule has 4 rings (SSSR count). The van der Waals surface area contributed by atoms with Crippen LogP contribution >= 0.6 is 22.9 Å². The van der Waals surface area contributed by atoms with Crippen LogP contribution in [0.2, 0.25) is 5.02 Å². The molecule has 0 aliphatic carbocycles. The second-order valence-electron chi connectivity index (χ2n) is 6.61. The minimum absolute atomic E-state index is 0.315. The number of ether oxygens (including phenoxy) is 1. The molecule has 0 amide bonds. The van der Waals surface area contributed by atoms with E-state index in [1.807, 2.05) is 12.1 Å². The fraction of sp³-hybridized carbons (Fsp3) is 0.444. The van der Waals surface area contributed by atoms with E-state index in [1.165, 1.54) is 11.3 Å². The summed E-state index contributed by atoms with van der Waals surface area (Å²) in [6, 6.07) is 3.79. The molecular weight excluding hydrogens is 360 g/mol. The van der Waals surface area contributed by atoms with Gasteiger partial charge in [-0.15, -0.1) is 11.3 Å². The summed E-state index contributed by atoms with van der Waals surface area (Å²) in [5.41, 5.74) is 1.92. The van der Waals surface area contributed by atoms with Crippen LogP contribution in [0.1, 0.15) is 38.5 Å². The zero-order valence-electron chi connectivity index (χ0n) is 13.7. The number of fused-ring (bicyclic) bond motifs is 2. The van der Waals surface area contributed by atoms with E-state index < -0.39 is 5.97 Å². The first-order valence-corrected chi connectivity index (χ1v) is 9.58. The van der Waals surface area contributed by atoms with Crippen molar-refractivity contribution in [2.45, 2.75) is 31.4 Å². The topological polar surface area (TPSA) is 62.7 Å². The second-order valence-corrected chi connectivity index (χ2v) is 8.07. The van der Waals surface area contributed by atoms with E-state index in [1.54, 1.807) is 12.4 Å². The molecule has 5 nitrogen and oxygen atoms in total. The number of pyridine rings is 1. The van der Waals surface area contributed by atoms with Gasteiger partial charge in [-0.2, -0.15) is 0 Å². The van der Waals surface area contributed by atoms with E-state index in [9.17, 15) is 9.90 Å². The van der Waals surface area contributed by atoms with Crippen LogP contribution in [-0.4, -0.2) is 40.7 Å². The molecule has 2 aliphatic rings. The highest BCUT2D eigenvalue weighted by Crippen LogP contribution is 2.45. The molecule has 2 aliphatic heterocycles. The van der Waals surface area contributed by atoms with Crippen molar-refractivity contribution in [1.82, 2.24) is 9.88 Å². The van der Waals surface area contributed by atoms with Crippen molar-refractivity contribution in [1.29, 1.82) is 0 Å². The first-order chi connectivity index (χ1) is 12.1. The van der Waals surface area contributed by atoms with Gasteiger partial charge in [-0.1, -0.05) is 11.6 Å². The predicted molar refractivity (Wildman–Crippen MR) is 96.4 cm³/mol. The average Bonchev–Trinajstić information content (AvgIpc) is 3.05. The summed E-state index contributed by atoms with van der Waals surface area (Å²) in [7, 11) is 0. The van der Waals surface area contributed by atoms with Crippen LogP contribution in [0.5, 0.6) is 0 Å². The van der Waals surface area contributed by atoms with E-state index in [4.69, 9.17) is 16.3 Å². The molecule has 0 aromatic carbocycles. The highest BCUT2D eigenvalue weighted by atomic mass is 35.5. The van der Waals surface area contributed by atoms with Gasteiger partial charge >= 0.3 is 5.97 Å².